The van der Waals surface area contributed by atoms with Crippen molar-refractivity contribution in [3.63, 3.8) is 0 Å². The van der Waals surface area contributed by atoms with Gasteiger partial charge in [0.2, 0.25) is 0 Å². The molecule has 7 nitrogen and oxygen atoms in total. The van der Waals surface area contributed by atoms with E-state index in [2.05, 4.69) is 0 Å². The van der Waals surface area contributed by atoms with Crippen LogP contribution in [0.3, 0.4) is 0 Å². The molecular weight excluding hydrogens is 406 g/mol. The van der Waals surface area contributed by atoms with Gasteiger partial charge in [0.1, 0.15) is 0 Å². The van der Waals surface area contributed by atoms with Gasteiger partial charge in [-0.3, -0.25) is 4.31 Å². The number of ether oxygens (including phenoxy) is 2. The molecule has 0 aliphatic rings. The molecule has 0 unspecified atom stereocenters. The summed E-state index contributed by atoms with van der Waals surface area (Å²) in [5.41, 5.74) is 0.370. The Morgan fingerprint density at radius 2 is 1.79 bits per heavy atom. The van der Waals surface area contributed by atoms with Crippen molar-refractivity contribution in [2.24, 2.45) is 0 Å². The maximum atomic E-state index is 12.9. The fourth-order valence-electron chi connectivity index (χ4n) is 2.26. The Morgan fingerprint density at radius 1 is 1.11 bits per heavy atom. The topological polar surface area (TPSA) is 90.0 Å². The van der Waals surface area contributed by atoms with E-state index in [0.717, 1.165) is 4.31 Å². The van der Waals surface area contributed by atoms with Crippen LogP contribution in [0.4, 0.5) is 5.69 Å². The highest BCUT2D eigenvalue weighted by Crippen LogP contribution is 2.25. The van der Waals surface area contributed by atoms with E-state index in [1.807, 2.05) is 0 Å². The molecule has 28 heavy (non-hydrogen) atoms. The van der Waals surface area contributed by atoms with Crippen molar-refractivity contribution in [2.75, 3.05) is 18.0 Å². The Labute approximate surface area is 168 Å². The van der Waals surface area contributed by atoms with Crippen molar-refractivity contribution in [2.45, 2.75) is 24.8 Å². The first kappa shape index (κ1) is 21.7. The van der Waals surface area contributed by atoms with Crippen LogP contribution in [-0.4, -0.2) is 40.1 Å². The SMILES string of the molecule is CC(C)OC(=O)COC(=O)c1cccc(S(=O)(=O)N(C)c2cccc(Cl)c2)c1. The molecule has 0 heterocycles. The van der Waals surface area contributed by atoms with Crippen LogP contribution in [0.25, 0.3) is 0 Å². The average Bonchev–Trinajstić information content (AvgIpc) is 2.65. The van der Waals surface area contributed by atoms with Crippen LogP contribution in [0.5, 0.6) is 0 Å². The Balaban J connectivity index is 2.19. The van der Waals surface area contributed by atoms with E-state index in [1.165, 1.54) is 37.4 Å². The summed E-state index contributed by atoms with van der Waals surface area (Å²) in [6, 6.07) is 11.7. The molecule has 0 saturated carbocycles. The lowest BCUT2D eigenvalue weighted by atomic mass is 10.2. The number of sulfonamides is 1. The van der Waals surface area contributed by atoms with Crippen LogP contribution in [0.1, 0.15) is 24.2 Å². The minimum absolute atomic E-state index is 0.00193. The van der Waals surface area contributed by atoms with E-state index >= 15 is 0 Å². The summed E-state index contributed by atoms with van der Waals surface area (Å²) in [6.07, 6.45) is -0.332. The van der Waals surface area contributed by atoms with Crippen molar-refractivity contribution in [1.29, 1.82) is 0 Å². The van der Waals surface area contributed by atoms with Gasteiger partial charge in [-0.1, -0.05) is 23.7 Å². The summed E-state index contributed by atoms with van der Waals surface area (Å²) in [5.74, 6) is -1.52. The van der Waals surface area contributed by atoms with E-state index in [-0.39, 0.29) is 16.6 Å². The first-order chi connectivity index (χ1) is 13.1. The summed E-state index contributed by atoms with van der Waals surface area (Å²) in [4.78, 5) is 23.5. The third-order valence-electron chi connectivity index (χ3n) is 3.59. The molecule has 0 atom stereocenters. The molecule has 2 aromatic rings. The largest absolute Gasteiger partial charge is 0.460 e. The van der Waals surface area contributed by atoms with Gasteiger partial charge in [-0.2, -0.15) is 0 Å². The van der Waals surface area contributed by atoms with Crippen LogP contribution in [0.2, 0.25) is 5.02 Å². The number of hydrogen-bond acceptors (Lipinski definition) is 6. The van der Waals surface area contributed by atoms with E-state index in [9.17, 15) is 18.0 Å². The summed E-state index contributed by atoms with van der Waals surface area (Å²) in [5, 5.41) is 0.394. The molecule has 150 valence electrons. The van der Waals surface area contributed by atoms with Gasteiger partial charge in [-0.25, -0.2) is 18.0 Å². The predicted octanol–water partition coefficient (Wildman–Crippen LogP) is 3.27. The maximum absolute atomic E-state index is 12.9. The summed E-state index contributed by atoms with van der Waals surface area (Å²) in [7, 11) is -2.55. The van der Waals surface area contributed by atoms with Gasteiger partial charge >= 0.3 is 11.9 Å². The van der Waals surface area contributed by atoms with Crippen molar-refractivity contribution in [3.8, 4) is 0 Å². The van der Waals surface area contributed by atoms with Gasteiger partial charge in [-0.15, -0.1) is 0 Å². The van der Waals surface area contributed by atoms with Crippen LogP contribution in [0, 0.1) is 0 Å². The highest BCUT2D eigenvalue weighted by molar-refractivity contribution is 7.92. The molecule has 9 heteroatoms. The number of rotatable bonds is 7. The predicted molar refractivity (Wildman–Crippen MR) is 105 cm³/mol. The second-order valence-electron chi connectivity index (χ2n) is 6.09. The molecule has 0 amide bonds. The fourth-order valence-corrected chi connectivity index (χ4v) is 3.68. The molecule has 0 aromatic heterocycles. The standard InChI is InChI=1S/C19H20ClNO6S/c1-13(2)27-18(22)12-26-19(23)14-6-4-9-17(10-14)28(24,25)21(3)16-8-5-7-15(20)11-16/h4-11,13H,12H2,1-3H3. The molecule has 0 N–H and O–H groups in total. The third kappa shape index (κ3) is 5.46. The molecule has 0 fully saturated rings. The lowest BCUT2D eigenvalue weighted by Crippen LogP contribution is -2.26. The Bertz CT molecular complexity index is 974. The molecule has 0 saturated heterocycles. The van der Waals surface area contributed by atoms with E-state index < -0.39 is 28.6 Å². The minimum atomic E-state index is -3.94. The molecule has 0 bridgehead atoms. The van der Waals surface area contributed by atoms with Gasteiger partial charge < -0.3 is 9.47 Å². The van der Waals surface area contributed by atoms with Crippen LogP contribution < -0.4 is 4.31 Å². The number of esters is 2. The molecule has 2 aromatic carbocycles. The molecular formula is C19H20ClNO6S. The number of benzene rings is 2. The van der Waals surface area contributed by atoms with E-state index in [1.54, 1.807) is 32.0 Å². The summed E-state index contributed by atoms with van der Waals surface area (Å²) in [6.45, 7) is 2.78. The molecule has 0 aliphatic carbocycles. The smallest absolute Gasteiger partial charge is 0.344 e. The summed E-state index contributed by atoms with van der Waals surface area (Å²) < 4.78 is 36.5. The first-order valence-electron chi connectivity index (χ1n) is 8.32. The summed E-state index contributed by atoms with van der Waals surface area (Å²) >= 11 is 5.92. The fraction of sp³-hybridized carbons (Fsp3) is 0.263. The van der Waals surface area contributed by atoms with Crippen LogP contribution >= 0.6 is 11.6 Å². The zero-order valence-corrected chi connectivity index (χ0v) is 17.2. The molecule has 0 radical (unpaired) electrons. The van der Waals surface area contributed by atoms with E-state index in [4.69, 9.17) is 21.1 Å². The van der Waals surface area contributed by atoms with Crippen molar-refractivity contribution < 1.29 is 27.5 Å². The van der Waals surface area contributed by atoms with Crippen molar-refractivity contribution in [1.82, 2.24) is 0 Å². The highest BCUT2D eigenvalue weighted by Gasteiger charge is 2.23. The zero-order chi connectivity index (χ0) is 20.9. The van der Waals surface area contributed by atoms with Gasteiger partial charge in [0.15, 0.2) is 6.61 Å². The molecule has 0 aliphatic heterocycles. The lowest BCUT2D eigenvalue weighted by Gasteiger charge is -2.20. The van der Waals surface area contributed by atoms with E-state index in [0.29, 0.717) is 10.7 Å². The number of carbonyl (C=O) groups excluding carboxylic acids is 2. The normalized spacial score (nSPS) is 11.2. The van der Waals surface area contributed by atoms with Crippen LogP contribution in [-0.2, 0) is 24.3 Å². The first-order valence-corrected chi connectivity index (χ1v) is 10.1. The van der Waals surface area contributed by atoms with Gasteiger partial charge in [0.05, 0.1) is 22.3 Å². The average molecular weight is 426 g/mol. The Morgan fingerprint density at radius 3 is 2.43 bits per heavy atom. The number of carbonyl (C=O) groups is 2. The van der Waals surface area contributed by atoms with Gasteiger partial charge in [0.25, 0.3) is 10.0 Å². The maximum Gasteiger partial charge on any atom is 0.344 e. The minimum Gasteiger partial charge on any atom is -0.460 e. The van der Waals surface area contributed by atoms with Gasteiger partial charge in [-0.05, 0) is 50.2 Å². The third-order valence-corrected chi connectivity index (χ3v) is 5.60. The monoisotopic (exact) mass is 425 g/mol. The lowest BCUT2D eigenvalue weighted by molar-refractivity contribution is -0.150. The second-order valence-corrected chi connectivity index (χ2v) is 8.50. The quantitative estimate of drug-likeness (QED) is 0.632. The highest BCUT2D eigenvalue weighted by atomic mass is 35.5. The zero-order valence-electron chi connectivity index (χ0n) is 15.6. The van der Waals surface area contributed by atoms with Crippen molar-refractivity contribution in [3.05, 3.63) is 59.1 Å². The van der Waals surface area contributed by atoms with Gasteiger partial charge in [0, 0.05) is 12.1 Å². The number of hydrogen-bond donors (Lipinski definition) is 0. The number of halogens is 1. The molecule has 2 rings (SSSR count). The van der Waals surface area contributed by atoms with Crippen molar-refractivity contribution >= 4 is 39.3 Å². The number of anilines is 1. The Hall–Kier alpha value is -2.58. The Kier molecular flexibility index (Phi) is 7.04. The second kappa shape index (κ2) is 9.07. The molecule has 0 spiro atoms. The van der Waals surface area contributed by atoms with Crippen LogP contribution in [0.15, 0.2) is 53.4 Å². The number of nitrogens with zero attached hydrogens (tertiary/aromatic N) is 1.